The molecule has 0 aromatic heterocycles. The molecule has 0 heterocycles. The number of nitrogens with one attached hydrogen (secondary N) is 1. The van der Waals surface area contributed by atoms with E-state index in [9.17, 15) is 9.59 Å². The summed E-state index contributed by atoms with van der Waals surface area (Å²) in [5.74, 6) is -0.209. The van der Waals surface area contributed by atoms with Gasteiger partial charge in [-0.2, -0.15) is 0 Å². The van der Waals surface area contributed by atoms with Gasteiger partial charge in [-0.3, -0.25) is 4.79 Å². The molecule has 0 aliphatic carbocycles. The van der Waals surface area contributed by atoms with Crippen molar-refractivity contribution >= 4 is 33.5 Å². The van der Waals surface area contributed by atoms with Crippen molar-refractivity contribution in [3.8, 4) is 11.5 Å². The van der Waals surface area contributed by atoms with E-state index in [4.69, 9.17) is 14.2 Å². The lowest BCUT2D eigenvalue weighted by Gasteiger charge is -2.11. The molecule has 0 aliphatic heterocycles. The highest BCUT2D eigenvalue weighted by atomic mass is 79.9. The molecule has 6 nitrogen and oxygen atoms in total. The zero-order valence-corrected chi connectivity index (χ0v) is 15.7. The molecule has 0 fully saturated rings. The average molecular weight is 408 g/mol. The Morgan fingerprint density at radius 2 is 1.84 bits per heavy atom. The number of carbonyl (C=O) groups excluding carboxylic acids is 2. The lowest BCUT2D eigenvalue weighted by atomic mass is 10.2. The van der Waals surface area contributed by atoms with Gasteiger partial charge in [0.25, 0.3) is 5.91 Å². The Labute approximate surface area is 154 Å². The minimum atomic E-state index is -0.651. The summed E-state index contributed by atoms with van der Waals surface area (Å²) in [7, 11) is 2.95. The van der Waals surface area contributed by atoms with Crippen LogP contribution in [-0.4, -0.2) is 32.7 Å². The molecule has 0 saturated heterocycles. The van der Waals surface area contributed by atoms with Gasteiger partial charge < -0.3 is 19.5 Å². The van der Waals surface area contributed by atoms with E-state index in [0.717, 1.165) is 10.0 Å². The summed E-state index contributed by atoms with van der Waals surface area (Å²) in [5, 5.41) is 2.70. The summed E-state index contributed by atoms with van der Waals surface area (Å²) >= 11 is 3.36. The van der Waals surface area contributed by atoms with E-state index in [-0.39, 0.29) is 5.56 Å². The first-order valence-corrected chi connectivity index (χ1v) is 8.19. The molecule has 1 N–H and O–H groups in total. The Hall–Kier alpha value is -2.54. The topological polar surface area (TPSA) is 73.9 Å². The highest BCUT2D eigenvalue weighted by Crippen LogP contribution is 2.25. The standard InChI is InChI=1S/C18H18BrNO5/c1-11-8-12(19)4-7-15(11)20-17(21)10-25-18(22)14-6-5-13(23-2)9-16(14)24-3/h4-9H,10H2,1-3H3,(H,20,21). The van der Waals surface area contributed by atoms with E-state index in [1.54, 1.807) is 18.2 Å². The van der Waals surface area contributed by atoms with E-state index in [1.165, 1.54) is 20.3 Å². The van der Waals surface area contributed by atoms with Crippen molar-refractivity contribution in [2.24, 2.45) is 0 Å². The van der Waals surface area contributed by atoms with Gasteiger partial charge in [0.1, 0.15) is 17.1 Å². The molecular weight excluding hydrogens is 390 g/mol. The quantitative estimate of drug-likeness (QED) is 0.740. The van der Waals surface area contributed by atoms with Crippen molar-refractivity contribution in [2.45, 2.75) is 6.92 Å². The molecule has 0 radical (unpaired) electrons. The van der Waals surface area contributed by atoms with Gasteiger partial charge in [-0.15, -0.1) is 0 Å². The van der Waals surface area contributed by atoms with Crippen LogP contribution >= 0.6 is 15.9 Å². The van der Waals surface area contributed by atoms with Crippen LogP contribution in [0.15, 0.2) is 40.9 Å². The number of aryl methyl sites for hydroxylation is 1. The molecule has 0 bridgehead atoms. The number of esters is 1. The molecule has 1 amide bonds. The van der Waals surface area contributed by atoms with Gasteiger partial charge in [-0.05, 0) is 42.8 Å². The third-order valence-corrected chi connectivity index (χ3v) is 3.92. The number of amides is 1. The van der Waals surface area contributed by atoms with Crippen LogP contribution in [0.2, 0.25) is 0 Å². The molecule has 7 heteroatoms. The predicted molar refractivity (Wildman–Crippen MR) is 97.3 cm³/mol. The SMILES string of the molecule is COc1ccc(C(=O)OCC(=O)Nc2ccc(Br)cc2C)c(OC)c1. The van der Waals surface area contributed by atoms with Crippen LogP contribution in [0.3, 0.4) is 0 Å². The third-order valence-electron chi connectivity index (χ3n) is 3.43. The van der Waals surface area contributed by atoms with Crippen LogP contribution in [0.5, 0.6) is 11.5 Å². The van der Waals surface area contributed by atoms with E-state index >= 15 is 0 Å². The molecule has 0 unspecified atom stereocenters. The van der Waals surface area contributed by atoms with Crippen LogP contribution in [-0.2, 0) is 9.53 Å². The number of carbonyl (C=O) groups is 2. The molecular formula is C18H18BrNO5. The normalized spacial score (nSPS) is 10.1. The van der Waals surface area contributed by atoms with Crippen LogP contribution < -0.4 is 14.8 Å². The van der Waals surface area contributed by atoms with Crippen molar-refractivity contribution in [2.75, 3.05) is 26.1 Å². The number of hydrogen-bond acceptors (Lipinski definition) is 5. The van der Waals surface area contributed by atoms with Crippen LogP contribution in [0.1, 0.15) is 15.9 Å². The Kier molecular flexibility index (Phi) is 6.41. The first-order valence-electron chi connectivity index (χ1n) is 7.39. The summed E-state index contributed by atoms with van der Waals surface area (Å²) in [5.41, 5.74) is 1.77. The molecule has 2 aromatic rings. The molecule has 0 saturated carbocycles. The average Bonchev–Trinajstić information content (AvgIpc) is 2.61. The Bertz CT molecular complexity index is 791. The van der Waals surface area contributed by atoms with Crippen molar-refractivity contribution in [1.82, 2.24) is 0 Å². The largest absolute Gasteiger partial charge is 0.497 e. The van der Waals surface area contributed by atoms with Crippen LogP contribution in [0.25, 0.3) is 0 Å². The molecule has 0 spiro atoms. The van der Waals surface area contributed by atoms with E-state index in [1.807, 2.05) is 19.1 Å². The highest BCUT2D eigenvalue weighted by molar-refractivity contribution is 9.10. The van der Waals surface area contributed by atoms with Crippen molar-refractivity contribution in [1.29, 1.82) is 0 Å². The van der Waals surface area contributed by atoms with Gasteiger partial charge in [0.05, 0.1) is 14.2 Å². The minimum absolute atomic E-state index is 0.218. The number of methoxy groups -OCH3 is 2. The summed E-state index contributed by atoms with van der Waals surface area (Å²) in [6, 6.07) is 10.2. The van der Waals surface area contributed by atoms with Gasteiger partial charge >= 0.3 is 5.97 Å². The van der Waals surface area contributed by atoms with Gasteiger partial charge in [0.2, 0.25) is 0 Å². The predicted octanol–water partition coefficient (Wildman–Crippen LogP) is 3.57. The van der Waals surface area contributed by atoms with E-state index < -0.39 is 18.5 Å². The summed E-state index contributed by atoms with van der Waals surface area (Å²) in [6.45, 7) is 1.47. The summed E-state index contributed by atoms with van der Waals surface area (Å²) in [4.78, 5) is 24.2. The maximum atomic E-state index is 12.2. The third kappa shape index (κ3) is 4.96. The first-order chi connectivity index (χ1) is 11.9. The van der Waals surface area contributed by atoms with Crippen molar-refractivity contribution in [3.63, 3.8) is 0 Å². The number of benzene rings is 2. The van der Waals surface area contributed by atoms with Crippen molar-refractivity contribution in [3.05, 3.63) is 52.0 Å². The maximum absolute atomic E-state index is 12.2. The number of halogens is 1. The Morgan fingerprint density at radius 3 is 2.48 bits per heavy atom. The molecule has 25 heavy (non-hydrogen) atoms. The second kappa shape index (κ2) is 8.53. The number of anilines is 1. The zero-order chi connectivity index (χ0) is 18.4. The van der Waals surface area contributed by atoms with Crippen molar-refractivity contribution < 1.29 is 23.8 Å². The molecule has 132 valence electrons. The van der Waals surface area contributed by atoms with Gasteiger partial charge in [0, 0.05) is 16.2 Å². The Balaban J connectivity index is 1.98. The van der Waals surface area contributed by atoms with Gasteiger partial charge in [-0.1, -0.05) is 15.9 Å². The minimum Gasteiger partial charge on any atom is -0.497 e. The van der Waals surface area contributed by atoms with Gasteiger partial charge in [-0.25, -0.2) is 4.79 Å². The second-order valence-corrected chi connectivity index (χ2v) is 6.07. The molecule has 0 atom stereocenters. The fourth-order valence-corrected chi connectivity index (χ4v) is 2.61. The van der Waals surface area contributed by atoms with Crippen LogP contribution in [0, 0.1) is 6.92 Å². The second-order valence-electron chi connectivity index (χ2n) is 5.15. The smallest absolute Gasteiger partial charge is 0.342 e. The maximum Gasteiger partial charge on any atom is 0.342 e. The first kappa shape index (κ1) is 18.8. The zero-order valence-electron chi connectivity index (χ0n) is 14.1. The highest BCUT2D eigenvalue weighted by Gasteiger charge is 2.16. The lowest BCUT2D eigenvalue weighted by Crippen LogP contribution is -2.21. The fourth-order valence-electron chi connectivity index (χ4n) is 2.13. The number of hydrogen-bond donors (Lipinski definition) is 1. The van der Waals surface area contributed by atoms with E-state index in [2.05, 4.69) is 21.2 Å². The van der Waals surface area contributed by atoms with Crippen LogP contribution in [0.4, 0.5) is 5.69 Å². The molecule has 2 rings (SSSR count). The monoisotopic (exact) mass is 407 g/mol. The lowest BCUT2D eigenvalue weighted by molar-refractivity contribution is -0.119. The molecule has 2 aromatic carbocycles. The summed E-state index contributed by atoms with van der Waals surface area (Å²) < 4.78 is 16.2. The summed E-state index contributed by atoms with van der Waals surface area (Å²) in [6.07, 6.45) is 0. The van der Waals surface area contributed by atoms with E-state index in [0.29, 0.717) is 17.2 Å². The number of rotatable bonds is 6. The fraction of sp³-hybridized carbons (Fsp3) is 0.222. The Morgan fingerprint density at radius 1 is 1.08 bits per heavy atom. The molecule has 0 aliphatic rings. The van der Waals surface area contributed by atoms with Gasteiger partial charge in [0.15, 0.2) is 6.61 Å². The number of ether oxygens (including phenoxy) is 3.